The summed E-state index contributed by atoms with van der Waals surface area (Å²) in [4.78, 5) is 32.5. The van der Waals surface area contributed by atoms with Gasteiger partial charge in [0.2, 0.25) is 5.91 Å². The molecule has 0 saturated heterocycles. The Morgan fingerprint density at radius 1 is 1.35 bits per heavy atom. The number of amides is 3. The van der Waals surface area contributed by atoms with Gasteiger partial charge in [0.15, 0.2) is 0 Å². The zero-order valence-corrected chi connectivity index (χ0v) is 10.4. The van der Waals surface area contributed by atoms with Crippen LogP contribution in [0, 0.1) is 5.92 Å². The van der Waals surface area contributed by atoms with E-state index < -0.39 is 12.1 Å². The Labute approximate surface area is 101 Å². The standard InChI is InChI=1S/C11H21N3O3/c1-8(2)6-10(16)14-9(7-15)4-3-5-13-11(12)17/h7-9H,3-6H2,1-2H3,(H,14,16)(H3,12,13,17)/t9-/m0/s1. The van der Waals surface area contributed by atoms with E-state index in [0.717, 1.165) is 0 Å². The summed E-state index contributed by atoms with van der Waals surface area (Å²) in [7, 11) is 0. The van der Waals surface area contributed by atoms with Crippen molar-refractivity contribution in [1.29, 1.82) is 0 Å². The highest BCUT2D eigenvalue weighted by Gasteiger charge is 2.11. The molecule has 0 aliphatic rings. The molecule has 0 heterocycles. The number of rotatable bonds is 8. The minimum Gasteiger partial charge on any atom is -0.352 e. The molecule has 0 radical (unpaired) electrons. The predicted octanol–water partition coefficient (Wildman–Crippen LogP) is 0.165. The number of carbonyl (C=O) groups is 3. The maximum absolute atomic E-state index is 11.4. The van der Waals surface area contributed by atoms with Gasteiger partial charge in [0.25, 0.3) is 0 Å². The van der Waals surface area contributed by atoms with Crippen LogP contribution in [0.2, 0.25) is 0 Å². The Morgan fingerprint density at radius 3 is 2.47 bits per heavy atom. The molecule has 1 atom stereocenters. The van der Waals surface area contributed by atoms with E-state index in [1.54, 1.807) is 0 Å². The lowest BCUT2D eigenvalue weighted by atomic mass is 10.1. The molecule has 0 saturated carbocycles. The lowest BCUT2D eigenvalue weighted by Crippen LogP contribution is -2.37. The number of carbonyl (C=O) groups excluding carboxylic acids is 3. The molecule has 0 aliphatic heterocycles. The van der Waals surface area contributed by atoms with E-state index >= 15 is 0 Å². The number of primary amides is 1. The van der Waals surface area contributed by atoms with Crippen molar-refractivity contribution in [2.24, 2.45) is 11.7 Å². The highest BCUT2D eigenvalue weighted by atomic mass is 16.2. The van der Waals surface area contributed by atoms with Crippen LogP contribution in [-0.4, -0.2) is 30.8 Å². The molecule has 3 amide bonds. The topological polar surface area (TPSA) is 101 Å². The van der Waals surface area contributed by atoms with Crippen molar-refractivity contribution in [3.63, 3.8) is 0 Å². The molecule has 0 bridgehead atoms. The average molecular weight is 243 g/mol. The Kier molecular flexibility index (Phi) is 7.75. The van der Waals surface area contributed by atoms with Gasteiger partial charge in [-0.15, -0.1) is 0 Å². The van der Waals surface area contributed by atoms with Crippen LogP contribution in [0.3, 0.4) is 0 Å². The molecule has 4 N–H and O–H groups in total. The Morgan fingerprint density at radius 2 is 2.00 bits per heavy atom. The second-order valence-corrected chi connectivity index (χ2v) is 4.34. The van der Waals surface area contributed by atoms with Crippen LogP contribution in [0.25, 0.3) is 0 Å². The van der Waals surface area contributed by atoms with Gasteiger partial charge in [0, 0.05) is 13.0 Å². The maximum atomic E-state index is 11.4. The van der Waals surface area contributed by atoms with Gasteiger partial charge >= 0.3 is 6.03 Å². The fourth-order valence-corrected chi connectivity index (χ4v) is 1.34. The fourth-order valence-electron chi connectivity index (χ4n) is 1.34. The van der Waals surface area contributed by atoms with Crippen molar-refractivity contribution in [2.45, 2.75) is 39.2 Å². The lowest BCUT2D eigenvalue weighted by Gasteiger charge is -2.13. The van der Waals surface area contributed by atoms with Crippen LogP contribution < -0.4 is 16.4 Å². The molecule has 17 heavy (non-hydrogen) atoms. The second-order valence-electron chi connectivity index (χ2n) is 4.34. The minimum atomic E-state index is -0.587. The second kappa shape index (κ2) is 8.55. The molecule has 0 aromatic carbocycles. The molecule has 0 unspecified atom stereocenters. The van der Waals surface area contributed by atoms with Gasteiger partial charge in [-0.05, 0) is 18.8 Å². The van der Waals surface area contributed by atoms with Gasteiger partial charge in [-0.25, -0.2) is 4.79 Å². The minimum absolute atomic E-state index is 0.125. The predicted molar refractivity (Wildman–Crippen MR) is 64.3 cm³/mol. The third-order valence-electron chi connectivity index (χ3n) is 2.10. The summed E-state index contributed by atoms with van der Waals surface area (Å²) in [5.74, 6) is 0.138. The highest BCUT2D eigenvalue weighted by Crippen LogP contribution is 2.00. The summed E-state index contributed by atoms with van der Waals surface area (Å²) in [6, 6.07) is -1.08. The van der Waals surface area contributed by atoms with Crippen molar-refractivity contribution in [3.05, 3.63) is 0 Å². The van der Waals surface area contributed by atoms with Crippen LogP contribution >= 0.6 is 0 Å². The monoisotopic (exact) mass is 243 g/mol. The lowest BCUT2D eigenvalue weighted by molar-refractivity contribution is -0.124. The Balaban J connectivity index is 3.79. The molecule has 0 rings (SSSR count). The highest BCUT2D eigenvalue weighted by molar-refractivity contribution is 5.79. The van der Waals surface area contributed by atoms with Crippen LogP contribution in [0.15, 0.2) is 0 Å². The molecule has 6 heteroatoms. The van der Waals surface area contributed by atoms with Crippen molar-refractivity contribution >= 4 is 18.2 Å². The summed E-state index contributed by atoms with van der Waals surface area (Å²) in [5, 5.41) is 5.06. The van der Waals surface area contributed by atoms with Gasteiger partial charge in [-0.2, -0.15) is 0 Å². The van der Waals surface area contributed by atoms with E-state index in [9.17, 15) is 14.4 Å². The summed E-state index contributed by atoms with van der Waals surface area (Å²) < 4.78 is 0. The number of nitrogens with one attached hydrogen (secondary N) is 2. The zero-order valence-electron chi connectivity index (χ0n) is 10.4. The Bertz CT molecular complexity index is 267. The molecular formula is C11H21N3O3. The third-order valence-corrected chi connectivity index (χ3v) is 2.10. The third kappa shape index (κ3) is 9.35. The van der Waals surface area contributed by atoms with Crippen molar-refractivity contribution in [2.75, 3.05) is 6.54 Å². The maximum Gasteiger partial charge on any atom is 0.312 e. The SMILES string of the molecule is CC(C)CC(=O)N[C@H](C=O)CCCNC(N)=O. The largest absolute Gasteiger partial charge is 0.352 e. The van der Waals surface area contributed by atoms with Crippen molar-refractivity contribution in [3.8, 4) is 0 Å². The van der Waals surface area contributed by atoms with Gasteiger partial charge in [0.05, 0.1) is 6.04 Å². The summed E-state index contributed by atoms with van der Waals surface area (Å²) >= 11 is 0. The average Bonchev–Trinajstić information content (AvgIpc) is 2.21. The molecular weight excluding hydrogens is 222 g/mol. The molecule has 6 nitrogen and oxygen atoms in total. The zero-order chi connectivity index (χ0) is 13.3. The van der Waals surface area contributed by atoms with Gasteiger partial charge in [-0.1, -0.05) is 13.8 Å². The number of nitrogens with two attached hydrogens (primary N) is 1. The normalized spacial score (nSPS) is 11.9. The number of urea groups is 1. The van der Waals surface area contributed by atoms with E-state index in [0.29, 0.717) is 32.1 Å². The van der Waals surface area contributed by atoms with E-state index in [-0.39, 0.29) is 11.8 Å². The van der Waals surface area contributed by atoms with E-state index in [1.807, 2.05) is 13.8 Å². The van der Waals surface area contributed by atoms with Crippen LogP contribution in [-0.2, 0) is 9.59 Å². The molecule has 0 fully saturated rings. The smallest absolute Gasteiger partial charge is 0.312 e. The van der Waals surface area contributed by atoms with Crippen LogP contribution in [0.5, 0.6) is 0 Å². The van der Waals surface area contributed by atoms with Crippen LogP contribution in [0.4, 0.5) is 4.79 Å². The summed E-state index contributed by atoms with van der Waals surface area (Å²) in [6.07, 6.45) is 2.20. The first-order chi connectivity index (χ1) is 7.95. The van der Waals surface area contributed by atoms with E-state index in [2.05, 4.69) is 10.6 Å². The van der Waals surface area contributed by atoms with E-state index in [4.69, 9.17) is 5.73 Å². The summed E-state index contributed by atoms with van der Waals surface area (Å²) in [6.45, 7) is 4.28. The summed E-state index contributed by atoms with van der Waals surface area (Å²) in [5.41, 5.74) is 4.89. The quantitative estimate of drug-likeness (QED) is 0.418. The number of aldehydes is 1. The number of hydrogen-bond acceptors (Lipinski definition) is 3. The van der Waals surface area contributed by atoms with Gasteiger partial charge < -0.3 is 21.2 Å². The van der Waals surface area contributed by atoms with Crippen molar-refractivity contribution in [1.82, 2.24) is 10.6 Å². The van der Waals surface area contributed by atoms with Gasteiger partial charge in [-0.3, -0.25) is 4.79 Å². The molecule has 0 aromatic rings. The molecule has 98 valence electrons. The first-order valence-corrected chi connectivity index (χ1v) is 5.73. The number of hydrogen-bond donors (Lipinski definition) is 3. The van der Waals surface area contributed by atoms with E-state index in [1.165, 1.54) is 0 Å². The molecule has 0 aromatic heterocycles. The van der Waals surface area contributed by atoms with Gasteiger partial charge in [0.1, 0.15) is 6.29 Å². The Hall–Kier alpha value is -1.59. The first kappa shape index (κ1) is 15.4. The van der Waals surface area contributed by atoms with Crippen molar-refractivity contribution < 1.29 is 14.4 Å². The van der Waals surface area contributed by atoms with Crippen LogP contribution in [0.1, 0.15) is 33.1 Å². The molecule has 0 spiro atoms. The first-order valence-electron chi connectivity index (χ1n) is 5.73. The fraction of sp³-hybridized carbons (Fsp3) is 0.727. The molecule has 0 aliphatic carbocycles.